The van der Waals surface area contributed by atoms with Crippen LogP contribution in [0.5, 0.6) is 5.75 Å². The van der Waals surface area contributed by atoms with E-state index in [-0.39, 0.29) is 32.9 Å². The van der Waals surface area contributed by atoms with E-state index in [2.05, 4.69) is 15.9 Å². The fourth-order valence-corrected chi connectivity index (χ4v) is 3.88. The number of non-ortho nitro benzene ring substituents is 1. The summed E-state index contributed by atoms with van der Waals surface area (Å²) in [6, 6.07) is 9.12. The van der Waals surface area contributed by atoms with Gasteiger partial charge in [-0.05, 0) is 45.4 Å². The number of phenolic OH excluding ortho intramolecular Hbond substituents is 1. The van der Waals surface area contributed by atoms with E-state index < -0.39 is 16.1 Å². The van der Waals surface area contributed by atoms with Gasteiger partial charge in [0.1, 0.15) is 5.75 Å². The van der Waals surface area contributed by atoms with Gasteiger partial charge in [0.05, 0.1) is 20.8 Å². The molecule has 0 saturated carbocycles. The van der Waals surface area contributed by atoms with E-state index in [1.54, 1.807) is 24.3 Å². The Bertz CT molecular complexity index is 1010. The van der Waals surface area contributed by atoms with Gasteiger partial charge < -0.3 is 5.11 Å². The number of rotatable bonds is 4. The number of phenols is 1. The molecule has 2 amide bonds. The smallest absolute Gasteiger partial charge is 0.293 e. The summed E-state index contributed by atoms with van der Waals surface area (Å²) in [7, 11) is 0. The highest BCUT2D eigenvalue weighted by atomic mass is 79.9. The molecule has 27 heavy (non-hydrogen) atoms. The Balaban J connectivity index is 1.93. The van der Waals surface area contributed by atoms with Crippen LogP contribution in [0.15, 0.2) is 45.8 Å². The number of amides is 2. The Morgan fingerprint density at radius 1 is 1.30 bits per heavy atom. The van der Waals surface area contributed by atoms with Gasteiger partial charge in [0.15, 0.2) is 0 Å². The van der Waals surface area contributed by atoms with Crippen molar-refractivity contribution >= 4 is 62.2 Å². The maximum atomic E-state index is 12.6. The van der Waals surface area contributed by atoms with Gasteiger partial charge in [-0.3, -0.25) is 24.6 Å². The van der Waals surface area contributed by atoms with Crippen LogP contribution in [-0.2, 0) is 11.3 Å². The summed E-state index contributed by atoms with van der Waals surface area (Å²) in [5.74, 6) is -0.828. The van der Waals surface area contributed by atoms with Crippen molar-refractivity contribution in [2.24, 2.45) is 0 Å². The van der Waals surface area contributed by atoms with Crippen molar-refractivity contribution < 1.29 is 19.6 Å². The third-order valence-corrected chi connectivity index (χ3v) is 5.62. The van der Waals surface area contributed by atoms with Crippen molar-refractivity contribution in [3.8, 4) is 5.75 Å². The molecule has 0 unspecified atom stereocenters. The second-order valence-corrected chi connectivity index (χ2v) is 7.74. The minimum Gasteiger partial charge on any atom is -0.506 e. The summed E-state index contributed by atoms with van der Waals surface area (Å²) in [6.07, 6.45) is 1.25. The second-order valence-electron chi connectivity index (χ2n) is 5.48. The third kappa shape index (κ3) is 4.00. The van der Waals surface area contributed by atoms with Crippen LogP contribution < -0.4 is 0 Å². The average molecular weight is 470 g/mol. The summed E-state index contributed by atoms with van der Waals surface area (Å²) in [5, 5.41) is 21.0. The van der Waals surface area contributed by atoms with Gasteiger partial charge in [-0.15, -0.1) is 0 Å². The number of carbonyl (C=O) groups excluding carboxylic acids is 2. The molecule has 2 aromatic carbocycles. The topological polar surface area (TPSA) is 101 Å². The van der Waals surface area contributed by atoms with Crippen LogP contribution >= 0.6 is 39.3 Å². The van der Waals surface area contributed by atoms with Crippen molar-refractivity contribution in [1.29, 1.82) is 0 Å². The van der Waals surface area contributed by atoms with Crippen molar-refractivity contribution in [2.75, 3.05) is 0 Å². The van der Waals surface area contributed by atoms with Gasteiger partial charge in [0.2, 0.25) is 0 Å². The number of benzene rings is 2. The quantitative estimate of drug-likeness (QED) is 0.386. The van der Waals surface area contributed by atoms with E-state index in [4.69, 9.17) is 11.6 Å². The van der Waals surface area contributed by atoms with Crippen LogP contribution in [0.1, 0.15) is 11.1 Å². The predicted octanol–water partition coefficient (Wildman–Crippen LogP) is 4.95. The first-order chi connectivity index (χ1) is 12.8. The Morgan fingerprint density at radius 3 is 2.67 bits per heavy atom. The Kier molecular flexibility index (Phi) is 5.54. The molecule has 1 saturated heterocycles. The number of thioether (sulfide) groups is 1. The molecule has 0 aromatic heterocycles. The lowest BCUT2D eigenvalue weighted by molar-refractivity contribution is -0.385. The van der Waals surface area contributed by atoms with Crippen molar-refractivity contribution in [1.82, 2.24) is 4.90 Å². The van der Waals surface area contributed by atoms with Gasteiger partial charge in [-0.2, -0.15) is 0 Å². The maximum absolute atomic E-state index is 12.6. The number of carbonyl (C=O) groups is 2. The van der Waals surface area contributed by atoms with E-state index in [1.807, 2.05) is 0 Å². The average Bonchev–Trinajstić information content (AvgIpc) is 2.87. The SMILES string of the molecule is O=C1S/C(=C\c2cc([N+](=O)[O-])cc(Br)c2O)C(=O)N1Cc1ccccc1Cl. The van der Waals surface area contributed by atoms with E-state index in [9.17, 15) is 24.8 Å². The van der Waals surface area contributed by atoms with Crippen LogP contribution in [0.3, 0.4) is 0 Å². The first kappa shape index (κ1) is 19.4. The largest absolute Gasteiger partial charge is 0.506 e. The lowest BCUT2D eigenvalue weighted by atomic mass is 10.1. The molecule has 7 nitrogen and oxygen atoms in total. The molecule has 10 heteroatoms. The summed E-state index contributed by atoms with van der Waals surface area (Å²) in [4.78, 5) is 36.3. The van der Waals surface area contributed by atoms with E-state index in [0.717, 1.165) is 17.0 Å². The maximum Gasteiger partial charge on any atom is 0.293 e. The number of halogens is 2. The van der Waals surface area contributed by atoms with Gasteiger partial charge in [-0.25, -0.2) is 0 Å². The predicted molar refractivity (Wildman–Crippen MR) is 105 cm³/mol. The Hall–Kier alpha value is -2.36. The molecule has 0 aliphatic carbocycles. The van der Waals surface area contributed by atoms with Crippen molar-refractivity contribution in [3.05, 3.63) is 72.0 Å². The van der Waals surface area contributed by atoms with Crippen LogP contribution in [0.2, 0.25) is 5.02 Å². The molecule has 138 valence electrons. The summed E-state index contributed by atoms with van der Waals surface area (Å²) < 4.78 is 0.109. The molecule has 0 bridgehead atoms. The number of nitrogens with zero attached hydrogens (tertiary/aromatic N) is 2. The molecule has 1 aliphatic rings. The van der Waals surface area contributed by atoms with Crippen LogP contribution in [0.25, 0.3) is 6.08 Å². The molecular weight excluding hydrogens is 460 g/mol. The standard InChI is InChI=1S/C17H10BrClN2O5S/c18-12-7-11(21(25)26)5-10(15(12)22)6-14-16(23)20(17(24)27-14)8-9-3-1-2-4-13(9)19/h1-7,22H,8H2/b14-6-. The molecule has 3 rings (SSSR count). The van der Waals surface area contributed by atoms with E-state index >= 15 is 0 Å². The molecule has 0 atom stereocenters. The van der Waals surface area contributed by atoms with Gasteiger partial charge >= 0.3 is 0 Å². The second kappa shape index (κ2) is 7.71. The Morgan fingerprint density at radius 2 is 2.00 bits per heavy atom. The molecule has 0 radical (unpaired) electrons. The number of aromatic hydroxyl groups is 1. The molecule has 2 aromatic rings. The molecule has 1 N–H and O–H groups in total. The van der Waals surface area contributed by atoms with Gasteiger partial charge in [0.25, 0.3) is 16.8 Å². The molecule has 1 heterocycles. The fourth-order valence-electron chi connectivity index (χ4n) is 2.40. The molecular formula is C17H10BrClN2O5S. The van der Waals surface area contributed by atoms with Crippen molar-refractivity contribution in [2.45, 2.75) is 6.54 Å². The van der Waals surface area contributed by atoms with E-state index in [1.165, 1.54) is 6.08 Å². The third-order valence-electron chi connectivity index (χ3n) is 3.73. The fraction of sp³-hybridized carbons (Fsp3) is 0.0588. The molecule has 1 aliphatic heterocycles. The highest BCUT2D eigenvalue weighted by Gasteiger charge is 2.35. The lowest BCUT2D eigenvalue weighted by Crippen LogP contribution is -2.27. The summed E-state index contributed by atoms with van der Waals surface area (Å²) >= 11 is 9.80. The number of hydrogen-bond donors (Lipinski definition) is 1. The normalized spacial score (nSPS) is 15.6. The Labute approximate surface area is 170 Å². The molecule has 0 spiro atoms. The summed E-state index contributed by atoms with van der Waals surface area (Å²) in [5.41, 5.74) is 0.407. The highest BCUT2D eigenvalue weighted by molar-refractivity contribution is 9.10. The van der Waals surface area contributed by atoms with Gasteiger partial charge in [-0.1, -0.05) is 29.8 Å². The zero-order valence-electron chi connectivity index (χ0n) is 13.4. The monoisotopic (exact) mass is 468 g/mol. The number of nitro benzene ring substituents is 1. The van der Waals surface area contributed by atoms with Crippen LogP contribution in [0.4, 0.5) is 10.5 Å². The number of nitro groups is 1. The number of imide groups is 1. The molecule has 1 fully saturated rings. The zero-order valence-corrected chi connectivity index (χ0v) is 16.5. The van der Waals surface area contributed by atoms with Gasteiger partial charge in [0, 0.05) is 22.7 Å². The zero-order chi connectivity index (χ0) is 19.7. The number of hydrogen-bond acceptors (Lipinski definition) is 6. The van der Waals surface area contributed by atoms with E-state index in [0.29, 0.717) is 22.3 Å². The minimum atomic E-state index is -0.620. The highest BCUT2D eigenvalue weighted by Crippen LogP contribution is 2.38. The van der Waals surface area contributed by atoms with Crippen LogP contribution in [0, 0.1) is 10.1 Å². The first-order valence-corrected chi connectivity index (χ1v) is 9.42. The van der Waals surface area contributed by atoms with Crippen LogP contribution in [-0.4, -0.2) is 26.1 Å². The first-order valence-electron chi connectivity index (χ1n) is 7.43. The minimum absolute atomic E-state index is 0.00624. The lowest BCUT2D eigenvalue weighted by Gasteiger charge is -2.13. The summed E-state index contributed by atoms with van der Waals surface area (Å²) in [6.45, 7) is 0.00624. The van der Waals surface area contributed by atoms with Crippen molar-refractivity contribution in [3.63, 3.8) is 0 Å².